The highest BCUT2D eigenvalue weighted by molar-refractivity contribution is 7.90. The molecular formula is C16H32N4O3S. The number of carbonyl (C=O) groups is 1. The van der Waals surface area contributed by atoms with Gasteiger partial charge in [0, 0.05) is 38.4 Å². The number of aliphatic imine (C=N–C) groups is 1. The summed E-state index contributed by atoms with van der Waals surface area (Å²) in [7, 11) is -1.30. The predicted molar refractivity (Wildman–Crippen MR) is 97.9 cm³/mol. The van der Waals surface area contributed by atoms with Crippen molar-refractivity contribution in [1.82, 2.24) is 16.0 Å². The van der Waals surface area contributed by atoms with E-state index in [1.165, 1.54) is 25.5 Å². The lowest BCUT2D eigenvalue weighted by molar-refractivity contribution is -0.121. The largest absolute Gasteiger partial charge is 0.356 e. The van der Waals surface area contributed by atoms with Crippen LogP contribution in [-0.4, -0.2) is 58.0 Å². The van der Waals surface area contributed by atoms with Crippen molar-refractivity contribution in [3.63, 3.8) is 0 Å². The van der Waals surface area contributed by atoms with Crippen molar-refractivity contribution in [3.05, 3.63) is 0 Å². The van der Waals surface area contributed by atoms with Crippen molar-refractivity contribution in [2.24, 2.45) is 4.99 Å². The van der Waals surface area contributed by atoms with Crippen LogP contribution in [0.15, 0.2) is 4.99 Å². The summed E-state index contributed by atoms with van der Waals surface area (Å²) in [6.07, 6.45) is 7.98. The van der Waals surface area contributed by atoms with Gasteiger partial charge >= 0.3 is 0 Å². The van der Waals surface area contributed by atoms with E-state index >= 15 is 0 Å². The number of rotatable bonds is 8. The summed E-state index contributed by atoms with van der Waals surface area (Å²) in [4.78, 5) is 16.0. The van der Waals surface area contributed by atoms with Crippen LogP contribution in [0.2, 0.25) is 0 Å². The summed E-state index contributed by atoms with van der Waals surface area (Å²) in [5.41, 5.74) is 0. The maximum absolute atomic E-state index is 11.9. The molecule has 0 radical (unpaired) electrons. The number of sulfone groups is 1. The van der Waals surface area contributed by atoms with Crippen molar-refractivity contribution in [3.8, 4) is 0 Å². The van der Waals surface area contributed by atoms with E-state index in [0.29, 0.717) is 31.4 Å². The van der Waals surface area contributed by atoms with E-state index in [2.05, 4.69) is 20.9 Å². The zero-order valence-corrected chi connectivity index (χ0v) is 15.9. The quantitative estimate of drug-likeness (QED) is 0.439. The molecule has 0 saturated heterocycles. The van der Waals surface area contributed by atoms with Gasteiger partial charge < -0.3 is 16.0 Å². The Morgan fingerprint density at radius 1 is 1.25 bits per heavy atom. The van der Waals surface area contributed by atoms with Crippen molar-refractivity contribution >= 4 is 21.7 Å². The zero-order chi connectivity index (χ0) is 18.0. The summed E-state index contributed by atoms with van der Waals surface area (Å²) in [5, 5.41) is 9.31. The normalized spacial score (nSPS) is 18.0. The van der Waals surface area contributed by atoms with Crippen molar-refractivity contribution in [1.29, 1.82) is 0 Å². The van der Waals surface area contributed by atoms with E-state index in [9.17, 15) is 13.2 Å². The molecule has 0 bridgehead atoms. The molecule has 24 heavy (non-hydrogen) atoms. The van der Waals surface area contributed by atoms with Crippen LogP contribution < -0.4 is 16.0 Å². The second-order valence-electron chi connectivity index (χ2n) is 6.62. The Kier molecular flexibility index (Phi) is 9.10. The summed E-state index contributed by atoms with van der Waals surface area (Å²) in [6, 6.07) is 0.321. The van der Waals surface area contributed by atoms with Crippen LogP contribution in [0.5, 0.6) is 0 Å². The number of hydrogen-bond donors (Lipinski definition) is 3. The van der Waals surface area contributed by atoms with Gasteiger partial charge in [-0.2, -0.15) is 0 Å². The van der Waals surface area contributed by atoms with E-state index < -0.39 is 9.84 Å². The Morgan fingerprint density at radius 3 is 2.50 bits per heavy atom. The molecule has 0 heterocycles. The molecule has 1 amide bonds. The van der Waals surface area contributed by atoms with Gasteiger partial charge in [-0.3, -0.25) is 9.79 Å². The zero-order valence-electron chi connectivity index (χ0n) is 15.1. The first-order valence-electron chi connectivity index (χ1n) is 8.74. The minimum Gasteiger partial charge on any atom is -0.356 e. The fourth-order valence-corrected chi connectivity index (χ4v) is 3.51. The molecular weight excluding hydrogens is 328 g/mol. The lowest BCUT2D eigenvalue weighted by Gasteiger charge is -2.23. The Labute approximate surface area is 146 Å². The first-order chi connectivity index (χ1) is 11.3. The van der Waals surface area contributed by atoms with Gasteiger partial charge in [-0.1, -0.05) is 19.3 Å². The topological polar surface area (TPSA) is 99.7 Å². The molecule has 1 fully saturated rings. The molecule has 0 spiro atoms. The molecule has 0 aromatic heterocycles. The average molecular weight is 361 g/mol. The number of amides is 1. The first kappa shape index (κ1) is 20.7. The molecule has 1 saturated carbocycles. The van der Waals surface area contributed by atoms with Gasteiger partial charge in [0.2, 0.25) is 5.91 Å². The van der Waals surface area contributed by atoms with Gasteiger partial charge in [-0.05, 0) is 26.2 Å². The van der Waals surface area contributed by atoms with Gasteiger partial charge in [0.1, 0.15) is 9.84 Å². The highest BCUT2D eigenvalue weighted by Crippen LogP contribution is 2.17. The molecule has 0 aromatic rings. The minimum absolute atomic E-state index is 0.0120. The molecule has 140 valence electrons. The fraction of sp³-hybridized carbons (Fsp3) is 0.875. The van der Waals surface area contributed by atoms with Crippen molar-refractivity contribution < 1.29 is 13.2 Å². The predicted octanol–water partition coefficient (Wildman–Crippen LogP) is 0.814. The van der Waals surface area contributed by atoms with Gasteiger partial charge in [-0.25, -0.2) is 8.42 Å². The van der Waals surface area contributed by atoms with E-state index in [-0.39, 0.29) is 17.7 Å². The Hall–Kier alpha value is -1.31. The lowest BCUT2D eigenvalue weighted by Crippen LogP contribution is -2.44. The lowest BCUT2D eigenvalue weighted by atomic mass is 9.95. The molecule has 1 aliphatic rings. The van der Waals surface area contributed by atoms with Gasteiger partial charge in [-0.15, -0.1) is 0 Å². The number of carbonyl (C=O) groups excluding carboxylic acids is 1. The maximum Gasteiger partial charge on any atom is 0.221 e. The van der Waals surface area contributed by atoms with Crippen LogP contribution in [0.1, 0.15) is 51.9 Å². The van der Waals surface area contributed by atoms with Crippen LogP contribution in [0, 0.1) is 0 Å². The highest BCUT2D eigenvalue weighted by Gasteiger charge is 2.15. The third-order valence-electron chi connectivity index (χ3n) is 4.14. The van der Waals surface area contributed by atoms with Crippen LogP contribution >= 0.6 is 0 Å². The van der Waals surface area contributed by atoms with E-state index in [0.717, 1.165) is 12.8 Å². The Balaban J connectivity index is 2.22. The van der Waals surface area contributed by atoms with Crippen LogP contribution in [-0.2, 0) is 14.6 Å². The van der Waals surface area contributed by atoms with Crippen LogP contribution in [0.3, 0.4) is 0 Å². The van der Waals surface area contributed by atoms with E-state index in [1.807, 2.05) is 6.92 Å². The average Bonchev–Trinajstić information content (AvgIpc) is 2.52. The maximum atomic E-state index is 11.9. The monoisotopic (exact) mass is 360 g/mol. The van der Waals surface area contributed by atoms with Crippen molar-refractivity contribution in [2.45, 2.75) is 64.0 Å². The SMILES string of the molecule is CN=C(NCCC(=O)NC1CCCCC1)NC(C)CCS(C)(=O)=O. The second kappa shape index (κ2) is 10.5. The molecule has 0 aliphatic heterocycles. The Bertz CT molecular complexity index is 513. The number of nitrogens with zero attached hydrogens (tertiary/aromatic N) is 1. The third-order valence-corrected chi connectivity index (χ3v) is 5.12. The first-order valence-corrected chi connectivity index (χ1v) is 10.8. The standard InChI is InChI=1S/C16H32N4O3S/c1-13(10-12-24(3,22)23)19-16(17-2)18-11-9-15(21)20-14-7-5-4-6-8-14/h13-14H,4-12H2,1-3H3,(H,20,21)(H2,17,18,19). The van der Waals surface area contributed by atoms with Crippen LogP contribution in [0.4, 0.5) is 0 Å². The smallest absolute Gasteiger partial charge is 0.221 e. The number of nitrogens with one attached hydrogen (secondary N) is 3. The summed E-state index contributed by atoms with van der Waals surface area (Å²) in [6.45, 7) is 2.41. The molecule has 1 aliphatic carbocycles. The summed E-state index contributed by atoms with van der Waals surface area (Å²) >= 11 is 0. The van der Waals surface area contributed by atoms with E-state index in [4.69, 9.17) is 0 Å². The molecule has 1 rings (SSSR count). The number of guanidine groups is 1. The molecule has 1 unspecified atom stereocenters. The molecule has 8 heteroatoms. The van der Waals surface area contributed by atoms with Gasteiger partial charge in [0.15, 0.2) is 5.96 Å². The molecule has 3 N–H and O–H groups in total. The van der Waals surface area contributed by atoms with Crippen molar-refractivity contribution in [2.75, 3.05) is 25.6 Å². The van der Waals surface area contributed by atoms with Gasteiger partial charge in [0.25, 0.3) is 0 Å². The van der Waals surface area contributed by atoms with Crippen LogP contribution in [0.25, 0.3) is 0 Å². The summed E-state index contributed by atoms with van der Waals surface area (Å²) in [5.74, 6) is 0.790. The molecule has 0 aromatic carbocycles. The minimum atomic E-state index is -2.96. The van der Waals surface area contributed by atoms with Gasteiger partial charge in [0.05, 0.1) is 5.75 Å². The molecule has 7 nitrogen and oxygen atoms in total. The highest BCUT2D eigenvalue weighted by atomic mass is 32.2. The summed E-state index contributed by atoms with van der Waals surface area (Å²) < 4.78 is 22.4. The van der Waals surface area contributed by atoms with E-state index in [1.54, 1.807) is 7.05 Å². The number of hydrogen-bond acceptors (Lipinski definition) is 4. The third kappa shape index (κ3) is 9.75. The molecule has 1 atom stereocenters. The fourth-order valence-electron chi connectivity index (χ4n) is 2.73. The Morgan fingerprint density at radius 2 is 1.92 bits per heavy atom. The second-order valence-corrected chi connectivity index (χ2v) is 8.88.